The van der Waals surface area contributed by atoms with Gasteiger partial charge in [0, 0.05) is 18.6 Å². The van der Waals surface area contributed by atoms with Crippen LogP contribution in [0.1, 0.15) is 28.8 Å². The molecule has 0 radical (unpaired) electrons. The van der Waals surface area contributed by atoms with Crippen LogP contribution in [0.15, 0.2) is 18.2 Å². The van der Waals surface area contributed by atoms with Crippen LogP contribution in [-0.4, -0.2) is 24.8 Å². The topological polar surface area (TPSA) is 46.5 Å². The second kappa shape index (κ2) is 6.66. The van der Waals surface area contributed by atoms with Crippen molar-refractivity contribution < 1.29 is 19.0 Å². The van der Waals surface area contributed by atoms with E-state index in [9.17, 15) is 9.18 Å². The molecule has 0 amide bonds. The van der Waals surface area contributed by atoms with E-state index in [0.29, 0.717) is 18.4 Å². The van der Waals surface area contributed by atoms with Crippen LogP contribution in [0.4, 0.5) is 4.39 Å². The minimum atomic E-state index is -0.741. The van der Waals surface area contributed by atoms with E-state index in [0.717, 1.165) is 0 Å². The van der Waals surface area contributed by atoms with Crippen LogP contribution in [0.25, 0.3) is 0 Å². The van der Waals surface area contributed by atoms with Crippen molar-refractivity contribution in [2.45, 2.75) is 12.8 Å². The molecule has 0 heterocycles. The highest BCUT2D eigenvalue weighted by atomic mass is 19.1. The lowest BCUT2D eigenvalue weighted by Crippen LogP contribution is -2.07. The maximum atomic E-state index is 13.5. The van der Waals surface area contributed by atoms with E-state index in [1.807, 2.05) is 0 Å². The Bertz CT molecular complexity index is 457. The highest BCUT2D eigenvalue weighted by Gasteiger charge is 2.15. The summed E-state index contributed by atoms with van der Waals surface area (Å²) in [5.41, 5.74) is 0.154. The summed E-state index contributed by atoms with van der Waals surface area (Å²) in [4.78, 5) is 11.4. The molecule has 0 unspecified atom stereocenters. The van der Waals surface area contributed by atoms with Gasteiger partial charge in [0.1, 0.15) is 11.4 Å². The zero-order valence-electron chi connectivity index (χ0n) is 9.50. The highest BCUT2D eigenvalue weighted by Crippen LogP contribution is 2.13. The maximum Gasteiger partial charge on any atom is 0.342 e. The third-order valence-corrected chi connectivity index (χ3v) is 2.09. The summed E-state index contributed by atoms with van der Waals surface area (Å²) in [7, 11) is 1.19. The Morgan fingerprint density at radius 1 is 1.53 bits per heavy atom. The van der Waals surface area contributed by atoms with Crippen LogP contribution in [0.3, 0.4) is 0 Å². The van der Waals surface area contributed by atoms with Crippen molar-refractivity contribution in [2.24, 2.45) is 0 Å². The number of carbonyl (C=O) groups is 1. The second-order valence-corrected chi connectivity index (χ2v) is 3.28. The number of rotatable bonds is 3. The summed E-state index contributed by atoms with van der Waals surface area (Å²) in [6.07, 6.45) is 1.05. The van der Waals surface area contributed by atoms with Gasteiger partial charge in [-0.3, -0.25) is 0 Å². The number of aliphatic hydroxyl groups excluding tert-OH is 1. The van der Waals surface area contributed by atoms with Crippen LogP contribution in [0.5, 0.6) is 0 Å². The van der Waals surface area contributed by atoms with Crippen molar-refractivity contribution in [2.75, 3.05) is 13.7 Å². The van der Waals surface area contributed by atoms with Gasteiger partial charge < -0.3 is 9.84 Å². The van der Waals surface area contributed by atoms with Crippen LogP contribution >= 0.6 is 0 Å². The Morgan fingerprint density at radius 3 is 2.94 bits per heavy atom. The Labute approximate surface area is 99.2 Å². The quantitative estimate of drug-likeness (QED) is 0.494. The fraction of sp³-hybridized carbons (Fsp3) is 0.308. The first-order chi connectivity index (χ1) is 8.20. The van der Waals surface area contributed by atoms with Gasteiger partial charge in [0.25, 0.3) is 0 Å². The fourth-order valence-electron chi connectivity index (χ4n) is 1.26. The number of benzene rings is 1. The Kier molecular flexibility index (Phi) is 5.18. The molecule has 3 nitrogen and oxygen atoms in total. The minimum Gasteiger partial charge on any atom is -0.465 e. The van der Waals surface area contributed by atoms with E-state index in [4.69, 9.17) is 5.11 Å². The summed E-state index contributed by atoms with van der Waals surface area (Å²) >= 11 is 0. The summed E-state index contributed by atoms with van der Waals surface area (Å²) in [6, 6.07) is 4.23. The highest BCUT2D eigenvalue weighted by molar-refractivity contribution is 5.92. The van der Waals surface area contributed by atoms with Gasteiger partial charge in [-0.15, -0.1) is 0 Å². The van der Waals surface area contributed by atoms with Crippen LogP contribution in [0.2, 0.25) is 0 Å². The standard InChI is InChI=1S/C13H13FO3/c1-17-13(16)12-10(6-3-2-4-9-15)7-5-8-11(12)14/h5,7-8,15H,2,4,9H2,1H3. The predicted molar refractivity (Wildman–Crippen MR) is 60.9 cm³/mol. The molecule has 0 atom stereocenters. The Morgan fingerprint density at radius 2 is 2.29 bits per heavy atom. The molecule has 0 spiro atoms. The van der Waals surface area contributed by atoms with Crippen LogP contribution in [0, 0.1) is 17.7 Å². The zero-order chi connectivity index (χ0) is 12.7. The van der Waals surface area contributed by atoms with Gasteiger partial charge in [-0.05, 0) is 18.6 Å². The summed E-state index contributed by atoms with van der Waals surface area (Å²) < 4.78 is 18.0. The second-order valence-electron chi connectivity index (χ2n) is 3.28. The molecule has 4 heteroatoms. The average Bonchev–Trinajstić information content (AvgIpc) is 2.34. The normalized spacial score (nSPS) is 9.35. The van der Waals surface area contributed by atoms with E-state index in [-0.39, 0.29) is 12.2 Å². The average molecular weight is 236 g/mol. The number of halogens is 1. The van der Waals surface area contributed by atoms with Crippen LogP contribution in [-0.2, 0) is 4.74 Å². The Balaban J connectivity index is 3.01. The molecule has 0 aliphatic heterocycles. The third-order valence-electron chi connectivity index (χ3n) is 2.09. The van der Waals surface area contributed by atoms with Gasteiger partial charge in [-0.1, -0.05) is 17.9 Å². The first-order valence-electron chi connectivity index (χ1n) is 5.17. The largest absolute Gasteiger partial charge is 0.465 e. The van der Waals surface area contributed by atoms with Gasteiger partial charge in [0.05, 0.1) is 7.11 Å². The number of carbonyl (C=O) groups excluding carboxylic acids is 1. The molecule has 1 rings (SSSR count). The van der Waals surface area contributed by atoms with Crippen molar-refractivity contribution >= 4 is 5.97 Å². The smallest absolute Gasteiger partial charge is 0.342 e. The number of hydrogen-bond acceptors (Lipinski definition) is 3. The zero-order valence-corrected chi connectivity index (χ0v) is 9.50. The minimum absolute atomic E-state index is 0.0572. The third kappa shape index (κ3) is 3.58. The van der Waals surface area contributed by atoms with Gasteiger partial charge in [0.2, 0.25) is 0 Å². The number of hydrogen-bond donors (Lipinski definition) is 1. The summed E-state index contributed by atoms with van der Waals surface area (Å²) in [5, 5.41) is 8.59. The molecule has 0 aliphatic rings. The molecule has 0 saturated heterocycles. The molecule has 1 N–H and O–H groups in total. The van der Waals surface area contributed by atoms with E-state index in [1.54, 1.807) is 6.07 Å². The summed E-state index contributed by atoms with van der Waals surface area (Å²) in [6.45, 7) is 0.0572. The maximum absolute atomic E-state index is 13.5. The van der Waals surface area contributed by atoms with E-state index < -0.39 is 11.8 Å². The number of methoxy groups -OCH3 is 1. The lowest BCUT2D eigenvalue weighted by atomic mass is 10.1. The predicted octanol–water partition coefficient (Wildman–Crippen LogP) is 1.74. The van der Waals surface area contributed by atoms with Crippen molar-refractivity contribution in [3.05, 3.63) is 35.1 Å². The van der Waals surface area contributed by atoms with Gasteiger partial charge in [-0.25, -0.2) is 9.18 Å². The molecule has 0 saturated carbocycles. The summed E-state index contributed by atoms with van der Waals surface area (Å²) in [5.74, 6) is 4.08. The van der Waals surface area contributed by atoms with E-state index in [2.05, 4.69) is 16.6 Å². The first-order valence-corrected chi connectivity index (χ1v) is 5.17. The molecule has 90 valence electrons. The lowest BCUT2D eigenvalue weighted by Gasteiger charge is -2.03. The van der Waals surface area contributed by atoms with Gasteiger partial charge in [-0.2, -0.15) is 0 Å². The number of unbranched alkanes of at least 4 members (excludes halogenated alkanes) is 1. The lowest BCUT2D eigenvalue weighted by molar-refractivity contribution is 0.0595. The molecule has 0 bridgehead atoms. The molecular formula is C13H13FO3. The molecule has 1 aromatic carbocycles. The van der Waals surface area contributed by atoms with Gasteiger partial charge >= 0.3 is 5.97 Å². The van der Waals surface area contributed by atoms with Crippen LogP contribution < -0.4 is 0 Å². The Hall–Kier alpha value is -1.86. The number of esters is 1. The molecule has 0 fully saturated rings. The molecule has 1 aromatic rings. The molecule has 0 aliphatic carbocycles. The monoisotopic (exact) mass is 236 g/mol. The number of ether oxygens (including phenoxy) is 1. The fourth-order valence-corrected chi connectivity index (χ4v) is 1.26. The SMILES string of the molecule is COC(=O)c1c(F)cccc1C#CCCCO. The van der Waals surface area contributed by atoms with E-state index in [1.165, 1.54) is 19.2 Å². The van der Waals surface area contributed by atoms with Crippen molar-refractivity contribution in [3.8, 4) is 11.8 Å². The van der Waals surface area contributed by atoms with Crippen molar-refractivity contribution in [1.82, 2.24) is 0 Å². The van der Waals surface area contributed by atoms with Gasteiger partial charge in [0.15, 0.2) is 0 Å². The van der Waals surface area contributed by atoms with E-state index >= 15 is 0 Å². The molecular weight excluding hydrogens is 223 g/mol. The molecule has 0 aromatic heterocycles. The van der Waals surface area contributed by atoms with Crippen molar-refractivity contribution in [1.29, 1.82) is 0 Å². The number of aliphatic hydroxyl groups is 1. The molecule has 17 heavy (non-hydrogen) atoms. The first kappa shape index (κ1) is 13.2. The van der Waals surface area contributed by atoms with Crippen molar-refractivity contribution in [3.63, 3.8) is 0 Å².